The van der Waals surface area contributed by atoms with E-state index < -0.39 is 10.8 Å². The number of hydrogen-bond donors (Lipinski definition) is 2. The van der Waals surface area contributed by atoms with Gasteiger partial charge in [0, 0.05) is 17.3 Å². The molecule has 0 fully saturated rings. The van der Waals surface area contributed by atoms with Crippen molar-refractivity contribution in [2.45, 2.75) is 6.42 Å². The summed E-state index contributed by atoms with van der Waals surface area (Å²) in [6, 6.07) is 12.3. The Labute approximate surface area is 125 Å². The maximum Gasteiger partial charge on any atom is 0.292 e. The highest BCUT2D eigenvalue weighted by Crippen LogP contribution is 2.24. The van der Waals surface area contributed by atoms with Crippen molar-refractivity contribution in [1.29, 1.82) is 0 Å². The molecule has 2 aromatic carbocycles. The van der Waals surface area contributed by atoms with Crippen LogP contribution in [-0.4, -0.2) is 16.6 Å². The van der Waals surface area contributed by atoms with Crippen LogP contribution in [-0.2, 0) is 4.79 Å². The molecule has 1 amide bonds. The fourth-order valence-electron chi connectivity index (χ4n) is 1.88. The molecular weight excluding hydrogens is 286 g/mol. The average Bonchev–Trinajstić information content (AvgIpc) is 2.47. The third-order valence-electron chi connectivity index (χ3n) is 2.92. The van der Waals surface area contributed by atoms with Gasteiger partial charge >= 0.3 is 0 Å². The zero-order valence-corrected chi connectivity index (χ0v) is 11.5. The van der Waals surface area contributed by atoms with E-state index in [2.05, 4.69) is 5.32 Å². The van der Waals surface area contributed by atoms with Crippen LogP contribution in [0.25, 0.3) is 0 Å². The van der Waals surface area contributed by atoms with Gasteiger partial charge in [-0.1, -0.05) is 30.3 Å². The molecule has 0 spiro atoms. The topological polar surface area (TPSA) is 115 Å². The number of hydrogen-bond acceptors (Lipinski definition) is 5. The van der Waals surface area contributed by atoms with Gasteiger partial charge in [-0.05, 0) is 12.1 Å². The van der Waals surface area contributed by atoms with E-state index >= 15 is 0 Å². The standard InChI is InChI=1S/C15H13N3O4/c16-12-8-11(6-7-13(12)18(21)22)17-15(20)9-14(19)10-4-2-1-3-5-10/h1-8H,9,16H2,(H,17,20). The highest BCUT2D eigenvalue weighted by molar-refractivity contribution is 6.11. The molecule has 0 saturated carbocycles. The number of Topliss-reactive ketones (excluding diaryl/α,β-unsaturated/α-hetero) is 1. The molecule has 7 heteroatoms. The summed E-state index contributed by atoms with van der Waals surface area (Å²) in [6.45, 7) is 0. The molecule has 0 unspecified atom stereocenters. The van der Waals surface area contributed by atoms with Crippen molar-refractivity contribution >= 4 is 28.8 Å². The van der Waals surface area contributed by atoms with Gasteiger partial charge in [-0.2, -0.15) is 0 Å². The van der Waals surface area contributed by atoms with Crippen LogP contribution in [0.1, 0.15) is 16.8 Å². The van der Waals surface area contributed by atoms with Crippen LogP contribution in [0.2, 0.25) is 0 Å². The average molecular weight is 299 g/mol. The number of nitro groups is 1. The first-order valence-corrected chi connectivity index (χ1v) is 6.39. The molecule has 0 heterocycles. The largest absolute Gasteiger partial charge is 0.393 e. The molecule has 2 rings (SSSR count). The highest BCUT2D eigenvalue weighted by Gasteiger charge is 2.14. The number of nitro benzene ring substituents is 1. The molecule has 112 valence electrons. The number of nitrogen functional groups attached to an aromatic ring is 1. The lowest BCUT2D eigenvalue weighted by Gasteiger charge is -2.06. The molecule has 7 nitrogen and oxygen atoms in total. The van der Waals surface area contributed by atoms with Crippen LogP contribution in [0.4, 0.5) is 17.1 Å². The van der Waals surface area contributed by atoms with Crippen molar-refractivity contribution in [3.63, 3.8) is 0 Å². The molecule has 22 heavy (non-hydrogen) atoms. The minimum atomic E-state index is -0.611. The third kappa shape index (κ3) is 3.66. The minimum absolute atomic E-state index is 0.0582. The second-order valence-electron chi connectivity index (χ2n) is 4.54. The van der Waals surface area contributed by atoms with Crippen LogP contribution < -0.4 is 11.1 Å². The number of carbonyl (C=O) groups excluding carboxylic acids is 2. The van der Waals surface area contributed by atoms with E-state index in [0.29, 0.717) is 11.3 Å². The molecule has 2 aromatic rings. The van der Waals surface area contributed by atoms with Gasteiger partial charge in [0.05, 0.1) is 11.3 Å². The van der Waals surface area contributed by atoms with Crippen LogP contribution in [0.15, 0.2) is 48.5 Å². The molecule has 0 atom stereocenters. The number of carbonyl (C=O) groups is 2. The van der Waals surface area contributed by atoms with Gasteiger partial charge < -0.3 is 11.1 Å². The molecule has 3 N–H and O–H groups in total. The summed E-state index contributed by atoms with van der Waals surface area (Å²) < 4.78 is 0. The van der Waals surface area contributed by atoms with Crippen LogP contribution in [0.3, 0.4) is 0 Å². The van der Waals surface area contributed by atoms with Crippen LogP contribution >= 0.6 is 0 Å². The lowest BCUT2D eigenvalue weighted by Crippen LogP contribution is -2.16. The summed E-state index contributed by atoms with van der Waals surface area (Å²) in [7, 11) is 0. The van der Waals surface area contributed by atoms with Gasteiger partial charge in [-0.15, -0.1) is 0 Å². The van der Waals surface area contributed by atoms with Gasteiger partial charge in [-0.25, -0.2) is 0 Å². The smallest absolute Gasteiger partial charge is 0.292 e. The first-order chi connectivity index (χ1) is 10.5. The van der Waals surface area contributed by atoms with E-state index in [-0.39, 0.29) is 23.6 Å². The SMILES string of the molecule is Nc1cc(NC(=O)CC(=O)c2ccccc2)ccc1[N+](=O)[O-]. The number of rotatable bonds is 5. The van der Waals surface area contributed by atoms with E-state index in [1.807, 2.05) is 0 Å². The van der Waals surface area contributed by atoms with E-state index in [1.165, 1.54) is 18.2 Å². The number of nitrogens with two attached hydrogens (primary N) is 1. The van der Waals surface area contributed by atoms with Crippen LogP contribution in [0.5, 0.6) is 0 Å². The molecular formula is C15H13N3O4. The number of nitrogens with one attached hydrogen (secondary N) is 1. The van der Waals surface area contributed by atoms with Crippen LogP contribution in [0, 0.1) is 10.1 Å². The second-order valence-corrected chi connectivity index (χ2v) is 4.54. The Kier molecular flexibility index (Phi) is 4.47. The quantitative estimate of drug-likeness (QED) is 0.289. The first-order valence-electron chi connectivity index (χ1n) is 6.39. The number of ketones is 1. The van der Waals surface area contributed by atoms with Crippen molar-refractivity contribution in [3.05, 3.63) is 64.2 Å². The Bertz CT molecular complexity index is 729. The maximum atomic E-state index is 11.9. The van der Waals surface area contributed by atoms with E-state index in [9.17, 15) is 19.7 Å². The number of benzene rings is 2. The monoisotopic (exact) mass is 299 g/mol. The highest BCUT2D eigenvalue weighted by atomic mass is 16.6. The molecule has 0 bridgehead atoms. The second kappa shape index (κ2) is 6.49. The Morgan fingerprint density at radius 2 is 1.82 bits per heavy atom. The zero-order valence-electron chi connectivity index (χ0n) is 11.5. The van der Waals surface area contributed by atoms with Gasteiger partial charge in [0.15, 0.2) is 5.78 Å². The summed E-state index contributed by atoms with van der Waals surface area (Å²) in [5.41, 5.74) is 5.98. The number of anilines is 2. The summed E-state index contributed by atoms with van der Waals surface area (Å²) in [5.74, 6) is -0.824. The molecule has 0 aliphatic heterocycles. The van der Waals surface area contributed by atoms with Crippen molar-refractivity contribution in [1.82, 2.24) is 0 Å². The minimum Gasteiger partial charge on any atom is -0.393 e. The molecule has 0 radical (unpaired) electrons. The zero-order chi connectivity index (χ0) is 16.1. The Hall–Kier alpha value is -3.22. The molecule has 0 aliphatic carbocycles. The predicted octanol–water partition coefficient (Wildman–Crippen LogP) is 2.39. The third-order valence-corrected chi connectivity index (χ3v) is 2.92. The maximum absolute atomic E-state index is 11.9. The van der Waals surface area contributed by atoms with Crippen molar-refractivity contribution < 1.29 is 14.5 Å². The fourth-order valence-corrected chi connectivity index (χ4v) is 1.88. The molecule has 0 aliphatic rings. The lowest BCUT2D eigenvalue weighted by molar-refractivity contribution is -0.383. The first kappa shape index (κ1) is 15.2. The van der Waals surface area contributed by atoms with E-state index in [4.69, 9.17) is 5.73 Å². The summed E-state index contributed by atoms with van der Waals surface area (Å²) in [6.07, 6.45) is -0.319. The van der Waals surface area contributed by atoms with Crippen molar-refractivity contribution in [2.24, 2.45) is 0 Å². The van der Waals surface area contributed by atoms with E-state index in [1.54, 1.807) is 30.3 Å². The Morgan fingerprint density at radius 1 is 1.14 bits per heavy atom. The summed E-state index contributed by atoms with van der Waals surface area (Å²) >= 11 is 0. The van der Waals surface area contributed by atoms with E-state index in [0.717, 1.165) is 0 Å². The van der Waals surface area contributed by atoms with Crippen molar-refractivity contribution in [2.75, 3.05) is 11.1 Å². The van der Waals surface area contributed by atoms with Gasteiger partial charge in [-0.3, -0.25) is 19.7 Å². The normalized spacial score (nSPS) is 10.0. The Morgan fingerprint density at radius 3 is 2.41 bits per heavy atom. The lowest BCUT2D eigenvalue weighted by atomic mass is 10.1. The van der Waals surface area contributed by atoms with Gasteiger partial charge in [0.2, 0.25) is 5.91 Å². The predicted molar refractivity (Wildman–Crippen MR) is 81.5 cm³/mol. The molecule has 0 saturated heterocycles. The van der Waals surface area contributed by atoms with Gasteiger partial charge in [0.1, 0.15) is 5.69 Å². The fraction of sp³-hybridized carbons (Fsp3) is 0.0667. The van der Waals surface area contributed by atoms with Gasteiger partial charge in [0.25, 0.3) is 5.69 Å². The van der Waals surface area contributed by atoms with Crippen molar-refractivity contribution in [3.8, 4) is 0 Å². The summed E-state index contributed by atoms with van der Waals surface area (Å²) in [5, 5.41) is 13.1. The number of amides is 1. The summed E-state index contributed by atoms with van der Waals surface area (Å²) in [4.78, 5) is 33.7. The Balaban J connectivity index is 2.02. The molecule has 0 aromatic heterocycles. The number of nitrogens with zero attached hydrogens (tertiary/aromatic N) is 1.